The molecule has 0 saturated carbocycles. The normalized spacial score (nSPS) is 10.2. The van der Waals surface area contributed by atoms with Gasteiger partial charge < -0.3 is 4.42 Å². The van der Waals surface area contributed by atoms with Gasteiger partial charge >= 0.3 is 0 Å². The molecule has 0 amide bonds. The molecule has 4 nitrogen and oxygen atoms in total. The van der Waals surface area contributed by atoms with Crippen LogP contribution in [0.5, 0.6) is 0 Å². The molecular formula is C7H7N3O. The molecule has 11 heavy (non-hydrogen) atoms. The summed E-state index contributed by atoms with van der Waals surface area (Å²) >= 11 is 0. The third-order valence-electron chi connectivity index (χ3n) is 1.36. The molecule has 2 heterocycles. The number of aromatic nitrogens is 3. The van der Waals surface area contributed by atoms with Gasteiger partial charge in [0.1, 0.15) is 25.0 Å². The Hall–Kier alpha value is -1.58. The fraction of sp³-hybridized carbons (Fsp3) is 0.143. The van der Waals surface area contributed by atoms with Gasteiger partial charge in [-0.2, -0.15) is 5.10 Å². The minimum Gasteiger partial charge on any atom is -0.467 e. The minimum absolute atomic E-state index is 0.646. The minimum atomic E-state index is 0.646. The molecule has 0 unspecified atom stereocenters. The van der Waals surface area contributed by atoms with E-state index < -0.39 is 0 Å². The van der Waals surface area contributed by atoms with Crippen molar-refractivity contribution in [3.05, 3.63) is 36.8 Å². The van der Waals surface area contributed by atoms with Crippen molar-refractivity contribution in [2.75, 3.05) is 0 Å². The predicted molar refractivity (Wildman–Crippen MR) is 37.8 cm³/mol. The molecule has 0 N–H and O–H groups in total. The van der Waals surface area contributed by atoms with E-state index in [-0.39, 0.29) is 0 Å². The molecule has 0 aliphatic heterocycles. The van der Waals surface area contributed by atoms with Crippen LogP contribution in [0.15, 0.2) is 35.5 Å². The zero-order valence-corrected chi connectivity index (χ0v) is 5.84. The first-order valence-electron chi connectivity index (χ1n) is 3.30. The highest BCUT2D eigenvalue weighted by atomic mass is 16.3. The van der Waals surface area contributed by atoms with Crippen LogP contribution in [0.4, 0.5) is 0 Å². The monoisotopic (exact) mass is 149 g/mol. The highest BCUT2D eigenvalue weighted by Gasteiger charge is 1.95. The zero-order valence-electron chi connectivity index (χ0n) is 5.84. The quantitative estimate of drug-likeness (QED) is 0.637. The fourth-order valence-corrected chi connectivity index (χ4v) is 0.877. The Morgan fingerprint density at radius 1 is 1.55 bits per heavy atom. The summed E-state index contributed by atoms with van der Waals surface area (Å²) in [6.45, 7) is 0.646. The lowest BCUT2D eigenvalue weighted by Crippen LogP contribution is -1.97. The van der Waals surface area contributed by atoms with Gasteiger partial charge in [-0.3, -0.25) is 0 Å². The van der Waals surface area contributed by atoms with Crippen LogP contribution >= 0.6 is 0 Å². The molecular weight excluding hydrogens is 142 g/mol. The molecule has 0 aliphatic carbocycles. The van der Waals surface area contributed by atoms with Crippen LogP contribution in [0.3, 0.4) is 0 Å². The number of hydrogen-bond acceptors (Lipinski definition) is 3. The Labute approximate surface area is 63.5 Å². The van der Waals surface area contributed by atoms with E-state index in [0.717, 1.165) is 5.76 Å². The van der Waals surface area contributed by atoms with E-state index in [2.05, 4.69) is 10.1 Å². The van der Waals surface area contributed by atoms with E-state index in [0.29, 0.717) is 6.54 Å². The molecule has 0 aromatic carbocycles. The summed E-state index contributed by atoms with van der Waals surface area (Å²) in [5.41, 5.74) is 0. The van der Waals surface area contributed by atoms with Gasteiger partial charge in [-0.15, -0.1) is 0 Å². The fourth-order valence-electron chi connectivity index (χ4n) is 0.877. The average molecular weight is 149 g/mol. The molecule has 2 aromatic heterocycles. The van der Waals surface area contributed by atoms with E-state index in [9.17, 15) is 0 Å². The van der Waals surface area contributed by atoms with Crippen molar-refractivity contribution >= 4 is 0 Å². The molecule has 0 saturated heterocycles. The summed E-state index contributed by atoms with van der Waals surface area (Å²) in [7, 11) is 0. The molecule has 0 radical (unpaired) electrons. The second-order valence-electron chi connectivity index (χ2n) is 2.17. The Morgan fingerprint density at radius 2 is 2.55 bits per heavy atom. The number of nitrogens with zero attached hydrogens (tertiary/aromatic N) is 3. The average Bonchev–Trinajstić information content (AvgIpc) is 2.60. The van der Waals surface area contributed by atoms with Gasteiger partial charge in [-0.1, -0.05) is 0 Å². The number of furan rings is 1. The van der Waals surface area contributed by atoms with Crippen molar-refractivity contribution in [2.45, 2.75) is 6.54 Å². The van der Waals surface area contributed by atoms with Crippen LogP contribution < -0.4 is 0 Å². The standard InChI is InChI=1S/C7H7N3O/c1-2-7(11-3-1)4-10-6-8-5-9-10/h1-3,5-6H,4H2. The zero-order chi connectivity index (χ0) is 7.52. The summed E-state index contributed by atoms with van der Waals surface area (Å²) in [6.07, 6.45) is 4.80. The van der Waals surface area contributed by atoms with Gasteiger partial charge in [0.05, 0.1) is 6.26 Å². The largest absolute Gasteiger partial charge is 0.467 e. The number of rotatable bonds is 2. The van der Waals surface area contributed by atoms with Crippen LogP contribution in [-0.4, -0.2) is 14.8 Å². The summed E-state index contributed by atoms with van der Waals surface area (Å²) < 4.78 is 6.83. The van der Waals surface area contributed by atoms with Crippen LogP contribution in [0, 0.1) is 0 Å². The third kappa shape index (κ3) is 1.29. The maximum Gasteiger partial charge on any atom is 0.137 e. The van der Waals surface area contributed by atoms with Gasteiger partial charge in [0, 0.05) is 0 Å². The predicted octanol–water partition coefficient (Wildman–Crippen LogP) is 0.919. The van der Waals surface area contributed by atoms with Crippen molar-refractivity contribution in [3.63, 3.8) is 0 Å². The SMILES string of the molecule is c1coc(Cn2cncn2)c1. The van der Waals surface area contributed by atoms with Crippen molar-refractivity contribution < 1.29 is 4.42 Å². The Balaban J connectivity index is 2.14. The van der Waals surface area contributed by atoms with Gasteiger partial charge in [0.2, 0.25) is 0 Å². The van der Waals surface area contributed by atoms with Gasteiger partial charge in [-0.05, 0) is 12.1 Å². The van der Waals surface area contributed by atoms with E-state index >= 15 is 0 Å². The lowest BCUT2D eigenvalue weighted by molar-refractivity contribution is 0.479. The maximum atomic E-state index is 5.12. The second-order valence-corrected chi connectivity index (χ2v) is 2.17. The van der Waals surface area contributed by atoms with E-state index in [1.807, 2.05) is 12.1 Å². The Kier molecular flexibility index (Phi) is 1.44. The first-order chi connectivity index (χ1) is 5.45. The molecule has 0 atom stereocenters. The van der Waals surface area contributed by atoms with Crippen molar-refractivity contribution in [3.8, 4) is 0 Å². The Morgan fingerprint density at radius 3 is 3.18 bits per heavy atom. The lowest BCUT2D eigenvalue weighted by Gasteiger charge is -1.93. The molecule has 2 aromatic rings. The molecule has 0 aliphatic rings. The smallest absolute Gasteiger partial charge is 0.137 e. The molecule has 2 rings (SSSR count). The van der Waals surface area contributed by atoms with E-state index in [1.165, 1.54) is 6.33 Å². The third-order valence-corrected chi connectivity index (χ3v) is 1.36. The second kappa shape index (κ2) is 2.57. The van der Waals surface area contributed by atoms with E-state index in [4.69, 9.17) is 4.42 Å². The summed E-state index contributed by atoms with van der Waals surface area (Å²) in [5.74, 6) is 0.885. The summed E-state index contributed by atoms with van der Waals surface area (Å²) in [4.78, 5) is 3.81. The highest BCUT2D eigenvalue weighted by Crippen LogP contribution is 2.00. The van der Waals surface area contributed by atoms with Crippen LogP contribution in [0.2, 0.25) is 0 Å². The highest BCUT2D eigenvalue weighted by molar-refractivity contribution is 4.97. The van der Waals surface area contributed by atoms with Crippen molar-refractivity contribution in [1.29, 1.82) is 0 Å². The van der Waals surface area contributed by atoms with Gasteiger partial charge in [0.25, 0.3) is 0 Å². The van der Waals surface area contributed by atoms with E-state index in [1.54, 1.807) is 17.3 Å². The van der Waals surface area contributed by atoms with Crippen LogP contribution in [-0.2, 0) is 6.54 Å². The Bertz CT molecular complexity index is 266. The topological polar surface area (TPSA) is 43.9 Å². The molecule has 0 bridgehead atoms. The van der Waals surface area contributed by atoms with Crippen LogP contribution in [0.25, 0.3) is 0 Å². The van der Waals surface area contributed by atoms with Gasteiger partial charge in [-0.25, -0.2) is 9.67 Å². The summed E-state index contributed by atoms with van der Waals surface area (Å²) in [5, 5.41) is 3.94. The molecule has 4 heteroatoms. The van der Waals surface area contributed by atoms with Gasteiger partial charge in [0.15, 0.2) is 0 Å². The van der Waals surface area contributed by atoms with Crippen LogP contribution in [0.1, 0.15) is 5.76 Å². The van der Waals surface area contributed by atoms with Crippen molar-refractivity contribution in [2.24, 2.45) is 0 Å². The first-order valence-corrected chi connectivity index (χ1v) is 3.30. The molecule has 0 spiro atoms. The maximum absolute atomic E-state index is 5.12. The molecule has 0 fully saturated rings. The lowest BCUT2D eigenvalue weighted by atomic mass is 10.4. The molecule has 56 valence electrons. The summed E-state index contributed by atoms with van der Waals surface area (Å²) in [6, 6.07) is 3.76. The van der Waals surface area contributed by atoms with Crippen molar-refractivity contribution in [1.82, 2.24) is 14.8 Å². The first kappa shape index (κ1) is 6.15. The number of hydrogen-bond donors (Lipinski definition) is 0.